The van der Waals surface area contributed by atoms with Crippen molar-refractivity contribution < 1.29 is 36.6 Å². The maximum Gasteiger partial charge on any atom is 0.347 e. The van der Waals surface area contributed by atoms with Crippen molar-refractivity contribution in [3.05, 3.63) is 41.1 Å². The molecule has 0 aliphatic carbocycles. The van der Waals surface area contributed by atoms with E-state index >= 15 is 0 Å². The van der Waals surface area contributed by atoms with Crippen molar-refractivity contribution in [1.29, 1.82) is 0 Å². The summed E-state index contributed by atoms with van der Waals surface area (Å²) < 4.78 is 61.7. The summed E-state index contributed by atoms with van der Waals surface area (Å²) in [5.41, 5.74) is -1.47. The molecule has 0 unspecified atom stereocenters. The number of carbonyl (C=O) groups excluding carboxylic acids is 2. The Kier molecular flexibility index (Phi) is 6.55. The van der Waals surface area contributed by atoms with Crippen LogP contribution in [0.3, 0.4) is 0 Å². The molecule has 0 atom stereocenters. The maximum atomic E-state index is 13.5. The van der Waals surface area contributed by atoms with Gasteiger partial charge in [-0.25, -0.2) is 27.2 Å². The molecule has 0 aliphatic heterocycles. The SMILES string of the molecule is CCOC(=O)C(=CNc1cc(F)c(F)c(F)c1F)C(=O)OCC. The Balaban J connectivity index is 3.15. The average Bonchev–Trinajstić information content (AvgIpc) is 2.50. The van der Waals surface area contributed by atoms with E-state index < -0.39 is 46.5 Å². The first-order valence-corrected chi connectivity index (χ1v) is 6.47. The van der Waals surface area contributed by atoms with Gasteiger partial charge in [0.25, 0.3) is 0 Å². The molecule has 1 rings (SSSR count). The number of ether oxygens (including phenoxy) is 2. The van der Waals surface area contributed by atoms with Crippen LogP contribution in [0.25, 0.3) is 0 Å². The molecule has 0 saturated carbocycles. The summed E-state index contributed by atoms with van der Waals surface area (Å²) in [4.78, 5) is 23.2. The van der Waals surface area contributed by atoms with E-state index in [1.165, 1.54) is 13.8 Å². The average molecular weight is 335 g/mol. The fourth-order valence-corrected chi connectivity index (χ4v) is 1.45. The Hall–Kier alpha value is -2.58. The number of halogens is 4. The zero-order valence-corrected chi connectivity index (χ0v) is 12.2. The molecule has 0 aromatic heterocycles. The highest BCUT2D eigenvalue weighted by Crippen LogP contribution is 2.23. The predicted octanol–water partition coefficient (Wildman–Crippen LogP) is 2.67. The third-order valence-electron chi connectivity index (χ3n) is 2.47. The minimum atomic E-state index is -2.03. The van der Waals surface area contributed by atoms with Crippen LogP contribution in [0.1, 0.15) is 13.8 Å². The predicted molar refractivity (Wildman–Crippen MR) is 71.2 cm³/mol. The van der Waals surface area contributed by atoms with Crippen molar-refractivity contribution in [2.75, 3.05) is 18.5 Å². The van der Waals surface area contributed by atoms with Crippen LogP contribution in [0.2, 0.25) is 0 Å². The van der Waals surface area contributed by atoms with Crippen molar-refractivity contribution in [1.82, 2.24) is 0 Å². The number of benzene rings is 1. The van der Waals surface area contributed by atoms with Gasteiger partial charge in [-0.15, -0.1) is 0 Å². The molecule has 0 heterocycles. The Morgan fingerprint density at radius 3 is 2.00 bits per heavy atom. The molecule has 23 heavy (non-hydrogen) atoms. The van der Waals surface area contributed by atoms with E-state index in [1.54, 1.807) is 0 Å². The van der Waals surface area contributed by atoms with E-state index in [0.29, 0.717) is 12.3 Å². The number of rotatable bonds is 6. The molecule has 1 N–H and O–H groups in total. The van der Waals surface area contributed by atoms with Crippen molar-refractivity contribution >= 4 is 17.6 Å². The van der Waals surface area contributed by atoms with E-state index in [1.807, 2.05) is 5.32 Å². The molecule has 1 aromatic rings. The van der Waals surface area contributed by atoms with Gasteiger partial charge in [-0.05, 0) is 13.8 Å². The minimum Gasteiger partial charge on any atom is -0.462 e. The lowest BCUT2D eigenvalue weighted by Gasteiger charge is -2.09. The number of nitrogens with one attached hydrogen (secondary N) is 1. The summed E-state index contributed by atoms with van der Waals surface area (Å²) in [6.07, 6.45) is 0.658. The van der Waals surface area contributed by atoms with Crippen molar-refractivity contribution in [2.45, 2.75) is 13.8 Å². The molecule has 5 nitrogen and oxygen atoms in total. The number of anilines is 1. The van der Waals surface area contributed by atoms with Crippen molar-refractivity contribution in [3.63, 3.8) is 0 Å². The Labute approximate surface area is 128 Å². The quantitative estimate of drug-likeness (QED) is 0.165. The van der Waals surface area contributed by atoms with Gasteiger partial charge in [0.15, 0.2) is 28.8 Å². The second-order valence-corrected chi connectivity index (χ2v) is 3.99. The first kappa shape index (κ1) is 18.5. The molecule has 0 radical (unpaired) electrons. The van der Waals surface area contributed by atoms with E-state index in [2.05, 4.69) is 9.47 Å². The monoisotopic (exact) mass is 335 g/mol. The van der Waals surface area contributed by atoms with Crippen LogP contribution in [0.5, 0.6) is 0 Å². The van der Waals surface area contributed by atoms with Gasteiger partial charge in [-0.2, -0.15) is 0 Å². The molecule has 0 saturated heterocycles. The molecular weight excluding hydrogens is 322 g/mol. The van der Waals surface area contributed by atoms with Crippen molar-refractivity contribution in [2.24, 2.45) is 0 Å². The van der Waals surface area contributed by atoms with Gasteiger partial charge in [0.05, 0.1) is 18.9 Å². The molecular formula is C14H13F4NO4. The number of esters is 2. The van der Waals surface area contributed by atoms with Crippen LogP contribution in [-0.4, -0.2) is 25.2 Å². The summed E-state index contributed by atoms with van der Waals surface area (Å²) in [7, 11) is 0. The topological polar surface area (TPSA) is 64.6 Å². The van der Waals surface area contributed by atoms with Crippen LogP contribution in [0.15, 0.2) is 17.8 Å². The highest BCUT2D eigenvalue weighted by atomic mass is 19.2. The lowest BCUT2D eigenvalue weighted by molar-refractivity contribution is -0.146. The van der Waals surface area contributed by atoms with Gasteiger partial charge in [0.2, 0.25) is 0 Å². The van der Waals surface area contributed by atoms with Crippen LogP contribution < -0.4 is 5.32 Å². The van der Waals surface area contributed by atoms with Crippen LogP contribution in [0, 0.1) is 23.3 Å². The standard InChI is InChI=1S/C14H13F4NO4/c1-3-22-13(20)7(14(21)23-4-2)6-19-9-5-8(15)10(16)12(18)11(9)17/h5-6,19H,3-4H2,1-2H3. The summed E-state index contributed by atoms with van der Waals surface area (Å²) in [6, 6.07) is 0.332. The van der Waals surface area contributed by atoms with E-state index in [4.69, 9.17) is 0 Å². The molecule has 0 amide bonds. The summed E-state index contributed by atoms with van der Waals surface area (Å²) in [5.74, 6) is -9.53. The first-order chi connectivity index (χ1) is 10.8. The third-order valence-corrected chi connectivity index (χ3v) is 2.47. The van der Waals surface area contributed by atoms with Gasteiger partial charge in [-0.1, -0.05) is 0 Å². The number of hydrogen-bond acceptors (Lipinski definition) is 5. The molecule has 0 aliphatic rings. The fourth-order valence-electron chi connectivity index (χ4n) is 1.45. The van der Waals surface area contributed by atoms with Gasteiger partial charge in [0, 0.05) is 12.3 Å². The molecule has 9 heteroatoms. The van der Waals surface area contributed by atoms with E-state index in [9.17, 15) is 27.2 Å². The molecule has 0 spiro atoms. The number of carbonyl (C=O) groups is 2. The zero-order valence-electron chi connectivity index (χ0n) is 12.2. The number of hydrogen-bond donors (Lipinski definition) is 1. The highest BCUT2D eigenvalue weighted by Gasteiger charge is 2.22. The first-order valence-electron chi connectivity index (χ1n) is 6.47. The largest absolute Gasteiger partial charge is 0.462 e. The van der Waals surface area contributed by atoms with Gasteiger partial charge in [0.1, 0.15) is 0 Å². The lowest BCUT2D eigenvalue weighted by Crippen LogP contribution is -2.19. The Bertz CT molecular complexity index is 626. The molecule has 0 bridgehead atoms. The van der Waals surface area contributed by atoms with Gasteiger partial charge < -0.3 is 14.8 Å². The Morgan fingerprint density at radius 2 is 1.52 bits per heavy atom. The van der Waals surface area contributed by atoms with Crippen LogP contribution in [-0.2, 0) is 19.1 Å². The lowest BCUT2D eigenvalue weighted by atomic mass is 10.2. The molecule has 126 valence electrons. The fraction of sp³-hybridized carbons (Fsp3) is 0.286. The van der Waals surface area contributed by atoms with Gasteiger partial charge >= 0.3 is 11.9 Å². The third kappa shape index (κ3) is 4.44. The molecule has 0 fully saturated rings. The maximum absolute atomic E-state index is 13.5. The second-order valence-electron chi connectivity index (χ2n) is 3.99. The second kappa shape index (κ2) is 8.16. The highest BCUT2D eigenvalue weighted by molar-refractivity contribution is 6.14. The minimum absolute atomic E-state index is 0.0518. The van der Waals surface area contributed by atoms with E-state index in [0.717, 1.165) is 0 Å². The normalized spacial score (nSPS) is 10.0. The smallest absolute Gasteiger partial charge is 0.347 e. The summed E-state index contributed by atoms with van der Waals surface area (Å²) in [6.45, 7) is 2.87. The Morgan fingerprint density at radius 1 is 1.00 bits per heavy atom. The van der Waals surface area contributed by atoms with Crippen LogP contribution >= 0.6 is 0 Å². The molecule has 1 aromatic carbocycles. The van der Waals surface area contributed by atoms with E-state index in [-0.39, 0.29) is 13.2 Å². The summed E-state index contributed by atoms with van der Waals surface area (Å²) >= 11 is 0. The zero-order chi connectivity index (χ0) is 17.6. The van der Waals surface area contributed by atoms with Crippen molar-refractivity contribution in [3.8, 4) is 0 Å². The van der Waals surface area contributed by atoms with Crippen LogP contribution in [0.4, 0.5) is 23.2 Å². The summed E-state index contributed by atoms with van der Waals surface area (Å²) in [5, 5.41) is 2.02. The van der Waals surface area contributed by atoms with Gasteiger partial charge in [-0.3, -0.25) is 0 Å².